The standard InChI is InChI=1S/C19H23NO/c1-14(15-6-4-3-5-7-15)13-20-19-11-9-16-8-10-17(21-2)12-18(16)19/h3-8,10,12,14,19-20H,9,11,13H2,1-2H3. The minimum Gasteiger partial charge on any atom is -0.497 e. The first-order valence-corrected chi connectivity index (χ1v) is 7.73. The molecule has 110 valence electrons. The first kappa shape index (κ1) is 14.2. The van der Waals surface area contributed by atoms with Crippen LogP contribution in [0.3, 0.4) is 0 Å². The van der Waals surface area contributed by atoms with E-state index in [1.165, 1.54) is 23.1 Å². The normalized spacial score (nSPS) is 18.3. The minimum absolute atomic E-state index is 0.460. The van der Waals surface area contributed by atoms with Crippen molar-refractivity contribution in [3.8, 4) is 5.75 Å². The second kappa shape index (κ2) is 6.31. The molecule has 2 aromatic carbocycles. The third-order valence-electron chi connectivity index (χ3n) is 4.47. The number of hydrogen-bond acceptors (Lipinski definition) is 2. The largest absolute Gasteiger partial charge is 0.497 e. The van der Waals surface area contributed by atoms with Crippen molar-refractivity contribution in [2.75, 3.05) is 13.7 Å². The van der Waals surface area contributed by atoms with Gasteiger partial charge in [-0.3, -0.25) is 0 Å². The molecule has 1 aliphatic carbocycles. The summed E-state index contributed by atoms with van der Waals surface area (Å²) in [6.07, 6.45) is 2.35. The molecule has 2 atom stereocenters. The van der Waals surface area contributed by atoms with E-state index in [1.54, 1.807) is 7.11 Å². The summed E-state index contributed by atoms with van der Waals surface area (Å²) in [5.41, 5.74) is 4.27. The van der Waals surface area contributed by atoms with E-state index in [9.17, 15) is 0 Å². The van der Waals surface area contributed by atoms with Crippen molar-refractivity contribution in [3.63, 3.8) is 0 Å². The Labute approximate surface area is 127 Å². The van der Waals surface area contributed by atoms with Gasteiger partial charge in [-0.1, -0.05) is 43.3 Å². The quantitative estimate of drug-likeness (QED) is 0.891. The van der Waals surface area contributed by atoms with E-state index < -0.39 is 0 Å². The zero-order valence-electron chi connectivity index (χ0n) is 12.8. The number of methoxy groups -OCH3 is 1. The van der Waals surface area contributed by atoms with Gasteiger partial charge in [0.2, 0.25) is 0 Å². The Morgan fingerprint density at radius 3 is 2.76 bits per heavy atom. The predicted molar refractivity (Wildman–Crippen MR) is 86.9 cm³/mol. The Morgan fingerprint density at radius 1 is 1.19 bits per heavy atom. The highest BCUT2D eigenvalue weighted by Gasteiger charge is 2.23. The summed E-state index contributed by atoms with van der Waals surface area (Å²) in [5.74, 6) is 1.49. The maximum absolute atomic E-state index is 5.35. The molecule has 0 saturated carbocycles. The fourth-order valence-corrected chi connectivity index (χ4v) is 3.14. The molecule has 2 aromatic rings. The number of fused-ring (bicyclic) bond motifs is 1. The molecule has 0 bridgehead atoms. The first-order valence-electron chi connectivity index (χ1n) is 7.73. The molecule has 1 aliphatic rings. The lowest BCUT2D eigenvalue weighted by Gasteiger charge is -2.19. The van der Waals surface area contributed by atoms with Crippen LogP contribution in [0.2, 0.25) is 0 Å². The molecule has 0 amide bonds. The van der Waals surface area contributed by atoms with Gasteiger partial charge in [-0.15, -0.1) is 0 Å². The molecule has 21 heavy (non-hydrogen) atoms. The molecule has 0 fully saturated rings. The fraction of sp³-hybridized carbons (Fsp3) is 0.368. The maximum Gasteiger partial charge on any atom is 0.119 e. The van der Waals surface area contributed by atoms with Gasteiger partial charge in [0.15, 0.2) is 0 Å². The van der Waals surface area contributed by atoms with E-state index in [4.69, 9.17) is 4.74 Å². The van der Waals surface area contributed by atoms with Crippen LogP contribution in [-0.2, 0) is 6.42 Å². The second-order valence-corrected chi connectivity index (χ2v) is 5.88. The van der Waals surface area contributed by atoms with Crippen molar-refractivity contribution in [1.29, 1.82) is 0 Å². The summed E-state index contributed by atoms with van der Waals surface area (Å²) in [4.78, 5) is 0. The minimum atomic E-state index is 0.460. The number of benzene rings is 2. The lowest BCUT2D eigenvalue weighted by Crippen LogP contribution is -2.24. The molecule has 0 spiro atoms. The summed E-state index contributed by atoms with van der Waals surface area (Å²) in [7, 11) is 1.73. The van der Waals surface area contributed by atoms with Crippen LogP contribution >= 0.6 is 0 Å². The van der Waals surface area contributed by atoms with Gasteiger partial charge >= 0.3 is 0 Å². The average molecular weight is 281 g/mol. The van der Waals surface area contributed by atoms with E-state index in [0.29, 0.717) is 12.0 Å². The Kier molecular flexibility index (Phi) is 4.26. The molecule has 0 saturated heterocycles. The van der Waals surface area contributed by atoms with Gasteiger partial charge in [0.25, 0.3) is 0 Å². The third-order valence-corrected chi connectivity index (χ3v) is 4.47. The Bertz CT molecular complexity index is 594. The van der Waals surface area contributed by atoms with Crippen molar-refractivity contribution in [2.24, 2.45) is 0 Å². The zero-order chi connectivity index (χ0) is 14.7. The highest BCUT2D eigenvalue weighted by atomic mass is 16.5. The topological polar surface area (TPSA) is 21.3 Å². The van der Waals surface area contributed by atoms with E-state index in [2.05, 4.69) is 60.8 Å². The zero-order valence-corrected chi connectivity index (χ0v) is 12.8. The van der Waals surface area contributed by atoms with Crippen molar-refractivity contribution in [2.45, 2.75) is 31.7 Å². The molecular weight excluding hydrogens is 258 g/mol. The number of aryl methyl sites for hydroxylation is 1. The smallest absolute Gasteiger partial charge is 0.119 e. The van der Waals surface area contributed by atoms with Gasteiger partial charge in [0, 0.05) is 12.6 Å². The molecule has 3 rings (SSSR count). The van der Waals surface area contributed by atoms with Gasteiger partial charge in [-0.2, -0.15) is 0 Å². The van der Waals surface area contributed by atoms with Crippen LogP contribution in [0.5, 0.6) is 5.75 Å². The van der Waals surface area contributed by atoms with Crippen LogP contribution < -0.4 is 10.1 Å². The summed E-state index contributed by atoms with van der Waals surface area (Å²) in [6.45, 7) is 3.29. The number of ether oxygens (including phenoxy) is 1. The van der Waals surface area contributed by atoms with Gasteiger partial charge in [-0.25, -0.2) is 0 Å². The molecule has 1 N–H and O–H groups in total. The molecule has 0 aromatic heterocycles. The highest BCUT2D eigenvalue weighted by molar-refractivity contribution is 5.40. The summed E-state index contributed by atoms with van der Waals surface area (Å²) in [5, 5.41) is 3.73. The third kappa shape index (κ3) is 3.11. The SMILES string of the molecule is COc1ccc2c(c1)C(NCC(C)c1ccccc1)CC2. The Morgan fingerprint density at radius 2 is 2.00 bits per heavy atom. The summed E-state index contributed by atoms with van der Waals surface area (Å²) < 4.78 is 5.35. The molecule has 0 radical (unpaired) electrons. The molecule has 0 aliphatic heterocycles. The van der Waals surface area contributed by atoms with Crippen molar-refractivity contribution >= 4 is 0 Å². The van der Waals surface area contributed by atoms with Crippen molar-refractivity contribution in [1.82, 2.24) is 5.32 Å². The van der Waals surface area contributed by atoms with Gasteiger partial charge in [0.1, 0.15) is 5.75 Å². The van der Waals surface area contributed by atoms with Gasteiger partial charge < -0.3 is 10.1 Å². The van der Waals surface area contributed by atoms with E-state index >= 15 is 0 Å². The first-order chi connectivity index (χ1) is 10.3. The lowest BCUT2D eigenvalue weighted by molar-refractivity contribution is 0.413. The highest BCUT2D eigenvalue weighted by Crippen LogP contribution is 2.34. The Balaban J connectivity index is 1.65. The fourth-order valence-electron chi connectivity index (χ4n) is 3.14. The van der Waals surface area contributed by atoms with Crippen LogP contribution in [0.1, 0.15) is 42.0 Å². The second-order valence-electron chi connectivity index (χ2n) is 5.88. The van der Waals surface area contributed by atoms with Crippen LogP contribution in [0.15, 0.2) is 48.5 Å². The number of nitrogens with one attached hydrogen (secondary N) is 1. The molecule has 2 heteroatoms. The summed E-state index contributed by atoms with van der Waals surface area (Å²) in [6, 6.07) is 17.6. The monoisotopic (exact) mass is 281 g/mol. The average Bonchev–Trinajstić information content (AvgIpc) is 2.95. The van der Waals surface area contributed by atoms with Crippen LogP contribution in [-0.4, -0.2) is 13.7 Å². The van der Waals surface area contributed by atoms with E-state index in [-0.39, 0.29) is 0 Å². The van der Waals surface area contributed by atoms with E-state index in [0.717, 1.165) is 18.7 Å². The summed E-state index contributed by atoms with van der Waals surface area (Å²) >= 11 is 0. The molecule has 2 nitrogen and oxygen atoms in total. The molecular formula is C19H23NO. The number of hydrogen-bond donors (Lipinski definition) is 1. The molecule has 2 unspecified atom stereocenters. The van der Waals surface area contributed by atoms with E-state index in [1.807, 2.05) is 0 Å². The van der Waals surface area contributed by atoms with Crippen molar-refractivity contribution in [3.05, 3.63) is 65.2 Å². The van der Waals surface area contributed by atoms with Crippen LogP contribution in [0, 0.1) is 0 Å². The van der Waals surface area contributed by atoms with Crippen LogP contribution in [0.4, 0.5) is 0 Å². The molecule has 0 heterocycles. The van der Waals surface area contributed by atoms with Crippen molar-refractivity contribution < 1.29 is 4.74 Å². The van der Waals surface area contributed by atoms with Gasteiger partial charge in [-0.05, 0) is 47.6 Å². The lowest BCUT2D eigenvalue weighted by atomic mass is 10.0. The predicted octanol–water partition coefficient (Wildman–Crippen LogP) is 4.08. The van der Waals surface area contributed by atoms with Gasteiger partial charge in [0.05, 0.1) is 7.11 Å². The number of rotatable bonds is 5. The van der Waals surface area contributed by atoms with Crippen LogP contribution in [0.25, 0.3) is 0 Å². The maximum atomic E-state index is 5.35. The Hall–Kier alpha value is -1.80.